The highest BCUT2D eigenvalue weighted by molar-refractivity contribution is 7.86. The van der Waals surface area contributed by atoms with Crippen LogP contribution < -0.4 is 0 Å². The third-order valence-electron chi connectivity index (χ3n) is 2.02. The first-order valence-electron chi connectivity index (χ1n) is 4.19. The highest BCUT2D eigenvalue weighted by Gasteiger charge is 2.36. The number of hydrogen-bond acceptors (Lipinski definition) is 2. The van der Waals surface area contributed by atoms with Crippen LogP contribution in [-0.2, 0) is 10.2 Å². The quantitative estimate of drug-likeness (QED) is 0.642. The van der Waals surface area contributed by atoms with E-state index in [2.05, 4.69) is 0 Å². The van der Waals surface area contributed by atoms with Crippen LogP contribution in [0.1, 0.15) is 19.8 Å². The predicted octanol–water partition coefficient (Wildman–Crippen LogP) is 0.277. The first-order valence-corrected chi connectivity index (χ1v) is 5.59. The van der Waals surface area contributed by atoms with Crippen LogP contribution >= 0.6 is 0 Å². The van der Waals surface area contributed by atoms with E-state index in [1.54, 1.807) is 18.4 Å². The fourth-order valence-electron chi connectivity index (χ4n) is 1.18. The molecule has 12 heavy (non-hydrogen) atoms. The third-order valence-corrected chi connectivity index (χ3v) is 4.10. The smallest absolute Gasteiger partial charge is 0.195 e. The van der Waals surface area contributed by atoms with Crippen molar-refractivity contribution in [1.82, 2.24) is 8.61 Å². The summed E-state index contributed by atoms with van der Waals surface area (Å²) in [5, 5.41) is 0. The van der Waals surface area contributed by atoms with Crippen molar-refractivity contribution in [3.63, 3.8) is 0 Å². The summed E-state index contributed by atoms with van der Waals surface area (Å²) in [7, 11) is -0.0195. The molecule has 0 amide bonds. The molecule has 4 nitrogen and oxygen atoms in total. The molecule has 0 aliphatic heterocycles. The van der Waals surface area contributed by atoms with Gasteiger partial charge < -0.3 is 0 Å². The van der Waals surface area contributed by atoms with Crippen LogP contribution in [0.3, 0.4) is 0 Å². The van der Waals surface area contributed by atoms with Crippen molar-refractivity contribution in [2.75, 3.05) is 20.6 Å². The molecule has 0 N–H and O–H groups in total. The lowest BCUT2D eigenvalue weighted by Crippen LogP contribution is -2.41. The largest absolute Gasteiger partial charge is 0.281 e. The van der Waals surface area contributed by atoms with Gasteiger partial charge in [-0.15, -0.1) is 0 Å². The van der Waals surface area contributed by atoms with E-state index in [9.17, 15) is 8.42 Å². The zero-order chi connectivity index (χ0) is 9.35. The highest BCUT2D eigenvalue weighted by Crippen LogP contribution is 2.29. The second-order valence-electron chi connectivity index (χ2n) is 3.22. The molecular formula is C7H16N2O2S. The van der Waals surface area contributed by atoms with Crippen molar-refractivity contribution in [3.8, 4) is 0 Å². The predicted molar refractivity (Wildman–Crippen MR) is 48.0 cm³/mol. The molecule has 72 valence electrons. The second kappa shape index (κ2) is 3.32. The van der Waals surface area contributed by atoms with E-state index in [0.717, 1.165) is 12.8 Å². The maximum absolute atomic E-state index is 11.6. The van der Waals surface area contributed by atoms with E-state index in [1.807, 2.05) is 6.92 Å². The van der Waals surface area contributed by atoms with E-state index < -0.39 is 10.2 Å². The summed E-state index contributed by atoms with van der Waals surface area (Å²) >= 11 is 0. The fourth-order valence-corrected chi connectivity index (χ4v) is 2.52. The van der Waals surface area contributed by atoms with E-state index in [4.69, 9.17) is 0 Å². The van der Waals surface area contributed by atoms with Gasteiger partial charge in [0.1, 0.15) is 0 Å². The van der Waals surface area contributed by atoms with Crippen molar-refractivity contribution < 1.29 is 8.42 Å². The van der Waals surface area contributed by atoms with Crippen LogP contribution in [0, 0.1) is 0 Å². The molecule has 1 saturated carbocycles. The minimum absolute atomic E-state index is 0.266. The average Bonchev–Trinajstić information content (AvgIpc) is 2.72. The Bertz CT molecular complexity index is 244. The van der Waals surface area contributed by atoms with Crippen LogP contribution in [0.5, 0.6) is 0 Å². The zero-order valence-corrected chi connectivity index (χ0v) is 8.63. The van der Waals surface area contributed by atoms with Crippen molar-refractivity contribution >= 4 is 10.2 Å². The topological polar surface area (TPSA) is 40.6 Å². The molecule has 0 heterocycles. The molecule has 1 aliphatic rings. The van der Waals surface area contributed by atoms with E-state index >= 15 is 0 Å². The van der Waals surface area contributed by atoms with E-state index in [-0.39, 0.29) is 6.04 Å². The third kappa shape index (κ3) is 1.78. The first kappa shape index (κ1) is 9.95. The average molecular weight is 192 g/mol. The molecule has 0 unspecified atom stereocenters. The Morgan fingerprint density at radius 1 is 1.33 bits per heavy atom. The summed E-state index contributed by atoms with van der Waals surface area (Å²) < 4.78 is 26.0. The van der Waals surface area contributed by atoms with Gasteiger partial charge in [-0.3, -0.25) is 0 Å². The molecule has 1 rings (SSSR count). The Morgan fingerprint density at radius 2 is 1.83 bits per heavy atom. The van der Waals surface area contributed by atoms with E-state index in [1.165, 1.54) is 4.31 Å². The molecule has 0 atom stereocenters. The normalized spacial score (nSPS) is 19.1. The molecule has 1 aliphatic carbocycles. The fraction of sp³-hybridized carbons (Fsp3) is 1.00. The minimum Gasteiger partial charge on any atom is -0.195 e. The van der Waals surface area contributed by atoms with Gasteiger partial charge in [-0.25, -0.2) is 0 Å². The van der Waals surface area contributed by atoms with Crippen LogP contribution in [0.25, 0.3) is 0 Å². The lowest BCUT2D eigenvalue weighted by Gasteiger charge is -2.23. The molecule has 0 bridgehead atoms. The molecule has 0 radical (unpaired) electrons. The Balaban J connectivity index is 2.76. The zero-order valence-electron chi connectivity index (χ0n) is 7.82. The molecule has 5 heteroatoms. The van der Waals surface area contributed by atoms with Crippen LogP contribution in [-0.4, -0.2) is 43.7 Å². The summed E-state index contributed by atoms with van der Waals surface area (Å²) in [6.45, 7) is 2.45. The molecule has 0 aromatic rings. The van der Waals surface area contributed by atoms with Gasteiger partial charge in [-0.1, -0.05) is 6.92 Å². The van der Waals surface area contributed by atoms with Crippen LogP contribution in [0.2, 0.25) is 0 Å². The van der Waals surface area contributed by atoms with Crippen molar-refractivity contribution in [3.05, 3.63) is 0 Å². The number of rotatable bonds is 4. The lowest BCUT2D eigenvalue weighted by molar-refractivity contribution is 0.381. The Kier molecular flexibility index (Phi) is 2.75. The van der Waals surface area contributed by atoms with Gasteiger partial charge in [0.15, 0.2) is 0 Å². The van der Waals surface area contributed by atoms with Crippen LogP contribution in [0.4, 0.5) is 0 Å². The maximum atomic E-state index is 11.6. The summed E-state index contributed by atoms with van der Waals surface area (Å²) in [6, 6.07) is 0.266. The highest BCUT2D eigenvalue weighted by atomic mass is 32.2. The van der Waals surface area contributed by atoms with Gasteiger partial charge in [0.25, 0.3) is 10.2 Å². The summed E-state index contributed by atoms with van der Waals surface area (Å²) in [5.74, 6) is 0. The molecule has 0 aromatic heterocycles. The molecule has 0 aromatic carbocycles. The molecular weight excluding hydrogens is 176 g/mol. The first-order chi connectivity index (χ1) is 5.50. The lowest BCUT2D eigenvalue weighted by atomic mass is 10.6. The van der Waals surface area contributed by atoms with Crippen molar-refractivity contribution in [1.29, 1.82) is 0 Å². The Labute approximate surface area is 74.3 Å². The Hall–Kier alpha value is -0.130. The number of hydrogen-bond donors (Lipinski definition) is 0. The second-order valence-corrected chi connectivity index (χ2v) is 5.32. The van der Waals surface area contributed by atoms with Gasteiger partial charge in [0, 0.05) is 26.7 Å². The SMILES string of the molecule is CCN(C1CC1)S(=O)(=O)N(C)C. The summed E-state index contributed by atoms with van der Waals surface area (Å²) in [4.78, 5) is 0. The summed E-state index contributed by atoms with van der Waals surface area (Å²) in [5.41, 5.74) is 0. The molecule has 1 fully saturated rings. The van der Waals surface area contributed by atoms with Crippen molar-refractivity contribution in [2.24, 2.45) is 0 Å². The van der Waals surface area contributed by atoms with Gasteiger partial charge in [-0.05, 0) is 12.8 Å². The van der Waals surface area contributed by atoms with Gasteiger partial charge in [-0.2, -0.15) is 17.0 Å². The molecule has 0 saturated heterocycles. The monoisotopic (exact) mass is 192 g/mol. The van der Waals surface area contributed by atoms with Crippen LogP contribution in [0.15, 0.2) is 0 Å². The van der Waals surface area contributed by atoms with Gasteiger partial charge in [0.2, 0.25) is 0 Å². The minimum atomic E-state index is -3.16. The number of nitrogens with zero attached hydrogens (tertiary/aromatic N) is 2. The van der Waals surface area contributed by atoms with Gasteiger partial charge >= 0.3 is 0 Å². The standard InChI is InChI=1S/C7H16N2O2S/c1-4-9(7-5-6-7)12(10,11)8(2)3/h7H,4-6H2,1-3H3. The summed E-state index contributed by atoms with van der Waals surface area (Å²) in [6.07, 6.45) is 2.03. The van der Waals surface area contributed by atoms with E-state index in [0.29, 0.717) is 6.54 Å². The maximum Gasteiger partial charge on any atom is 0.281 e. The van der Waals surface area contributed by atoms with Crippen molar-refractivity contribution in [2.45, 2.75) is 25.8 Å². The molecule has 0 spiro atoms. The van der Waals surface area contributed by atoms with Gasteiger partial charge in [0.05, 0.1) is 0 Å². The Morgan fingerprint density at radius 3 is 2.08 bits per heavy atom.